The van der Waals surface area contributed by atoms with Crippen molar-refractivity contribution in [2.75, 3.05) is 7.11 Å². The predicted molar refractivity (Wildman–Crippen MR) is 86.1 cm³/mol. The van der Waals surface area contributed by atoms with Gasteiger partial charge in [-0.05, 0) is 56.0 Å². The van der Waals surface area contributed by atoms with Crippen molar-refractivity contribution in [3.05, 3.63) is 40.7 Å². The average Bonchev–Trinajstić information content (AvgIpc) is 2.77. The van der Waals surface area contributed by atoms with Crippen LogP contribution in [0.5, 0.6) is 5.75 Å². The Morgan fingerprint density at radius 2 is 1.77 bits per heavy atom. The summed E-state index contributed by atoms with van der Waals surface area (Å²) in [6, 6.07) is 5.21. The second-order valence-corrected chi connectivity index (χ2v) is 7.53. The molecule has 0 bridgehead atoms. The lowest BCUT2D eigenvalue weighted by Crippen LogP contribution is -2.17. The van der Waals surface area contributed by atoms with Crippen LogP contribution < -0.4 is 4.74 Å². The maximum atomic E-state index is 13.0. The van der Waals surface area contributed by atoms with Crippen LogP contribution in [-0.2, 0) is 10.0 Å². The normalized spacial score (nSPS) is 12.0. The van der Waals surface area contributed by atoms with Crippen LogP contribution in [-0.4, -0.2) is 24.7 Å². The summed E-state index contributed by atoms with van der Waals surface area (Å²) in [4.78, 5) is 0.149. The van der Waals surface area contributed by atoms with Crippen molar-refractivity contribution in [3.8, 4) is 5.75 Å². The zero-order chi connectivity index (χ0) is 16.7. The van der Waals surface area contributed by atoms with Gasteiger partial charge in [0.15, 0.2) is 0 Å². The van der Waals surface area contributed by atoms with E-state index in [1.54, 1.807) is 32.0 Å². The Balaban J connectivity index is 2.74. The summed E-state index contributed by atoms with van der Waals surface area (Å²) in [5.74, 6) is 0.565. The first-order chi connectivity index (χ1) is 10.2. The lowest BCUT2D eigenvalue weighted by atomic mass is 9.98. The monoisotopic (exact) mass is 322 g/mol. The van der Waals surface area contributed by atoms with Gasteiger partial charge in [-0.15, -0.1) is 0 Å². The number of benzene rings is 1. The Morgan fingerprint density at radius 3 is 2.23 bits per heavy atom. The van der Waals surface area contributed by atoms with Crippen molar-refractivity contribution in [3.63, 3.8) is 0 Å². The third kappa shape index (κ3) is 2.75. The number of hydrogen-bond donors (Lipinski definition) is 0. The van der Waals surface area contributed by atoms with Crippen LogP contribution in [0.3, 0.4) is 0 Å². The fourth-order valence-corrected chi connectivity index (χ4v) is 4.13. The summed E-state index contributed by atoms with van der Waals surface area (Å²) < 4.78 is 32.3. The van der Waals surface area contributed by atoms with E-state index in [0.29, 0.717) is 17.1 Å². The minimum absolute atomic E-state index is 0.149. The molecule has 0 saturated carbocycles. The number of aryl methyl sites for hydroxylation is 3. The van der Waals surface area contributed by atoms with Crippen molar-refractivity contribution >= 4 is 10.0 Å². The van der Waals surface area contributed by atoms with E-state index in [2.05, 4.69) is 5.10 Å². The van der Waals surface area contributed by atoms with Crippen LogP contribution in [0, 0.1) is 20.8 Å². The molecule has 1 heterocycles. The molecule has 0 fully saturated rings. The maximum absolute atomic E-state index is 13.0. The van der Waals surface area contributed by atoms with Crippen LogP contribution in [0.15, 0.2) is 23.1 Å². The van der Waals surface area contributed by atoms with Gasteiger partial charge in [-0.1, -0.05) is 13.8 Å². The van der Waals surface area contributed by atoms with Crippen molar-refractivity contribution in [2.45, 2.75) is 45.4 Å². The van der Waals surface area contributed by atoms with Gasteiger partial charge in [0.05, 0.1) is 18.5 Å². The van der Waals surface area contributed by atoms with Crippen molar-refractivity contribution in [2.24, 2.45) is 0 Å². The Morgan fingerprint density at radius 1 is 1.14 bits per heavy atom. The largest absolute Gasteiger partial charge is 0.495 e. The molecule has 0 aliphatic rings. The molecule has 22 heavy (non-hydrogen) atoms. The number of hydrogen-bond acceptors (Lipinski definition) is 4. The molecule has 2 rings (SSSR count). The van der Waals surface area contributed by atoms with E-state index in [9.17, 15) is 8.42 Å². The summed E-state index contributed by atoms with van der Waals surface area (Å²) in [5.41, 5.74) is 3.24. The van der Waals surface area contributed by atoms with E-state index < -0.39 is 10.0 Å². The number of ether oxygens (including phenoxy) is 1. The average molecular weight is 322 g/mol. The first-order valence-corrected chi connectivity index (χ1v) is 8.60. The fourth-order valence-electron chi connectivity index (χ4n) is 2.61. The zero-order valence-corrected chi connectivity index (χ0v) is 14.7. The summed E-state index contributed by atoms with van der Waals surface area (Å²) in [7, 11) is -2.31. The Hall–Kier alpha value is -1.82. The number of nitrogens with zero attached hydrogens (tertiary/aromatic N) is 2. The highest BCUT2D eigenvalue weighted by molar-refractivity contribution is 7.90. The zero-order valence-electron chi connectivity index (χ0n) is 13.8. The van der Waals surface area contributed by atoms with Gasteiger partial charge < -0.3 is 4.74 Å². The SMILES string of the molecule is COc1cc(C)c(C(C)C)cc1S(=O)(=O)n1nc(C)cc1C. The molecule has 1 aromatic carbocycles. The minimum atomic E-state index is -3.78. The molecule has 6 heteroatoms. The van der Waals surface area contributed by atoms with Gasteiger partial charge >= 0.3 is 0 Å². The predicted octanol–water partition coefficient (Wildman–Crippen LogP) is 3.18. The maximum Gasteiger partial charge on any atom is 0.286 e. The summed E-state index contributed by atoms with van der Waals surface area (Å²) in [5, 5.41) is 4.10. The summed E-state index contributed by atoms with van der Waals surface area (Å²) in [6.07, 6.45) is 0. The molecule has 0 aliphatic heterocycles. The smallest absolute Gasteiger partial charge is 0.286 e. The molecule has 0 radical (unpaired) electrons. The highest BCUT2D eigenvalue weighted by atomic mass is 32.2. The van der Waals surface area contributed by atoms with Gasteiger partial charge in [0.2, 0.25) is 0 Å². The standard InChI is InChI=1S/C16H22N2O3S/c1-10(2)14-9-16(15(21-6)7-11(14)3)22(19,20)18-13(5)8-12(4)17-18/h7-10H,1-6H3. The van der Waals surface area contributed by atoms with Gasteiger partial charge in [-0.3, -0.25) is 0 Å². The van der Waals surface area contributed by atoms with Crippen LogP contribution in [0.2, 0.25) is 0 Å². The molecule has 2 aromatic rings. The van der Waals surface area contributed by atoms with E-state index in [1.807, 2.05) is 20.8 Å². The van der Waals surface area contributed by atoms with E-state index >= 15 is 0 Å². The number of methoxy groups -OCH3 is 1. The molecule has 0 N–H and O–H groups in total. The summed E-state index contributed by atoms with van der Waals surface area (Å²) >= 11 is 0. The van der Waals surface area contributed by atoms with Crippen LogP contribution >= 0.6 is 0 Å². The molecular formula is C16H22N2O3S. The number of rotatable bonds is 4. The quantitative estimate of drug-likeness (QED) is 0.867. The fraction of sp³-hybridized carbons (Fsp3) is 0.438. The highest BCUT2D eigenvalue weighted by Gasteiger charge is 2.26. The molecule has 1 aromatic heterocycles. The minimum Gasteiger partial charge on any atom is -0.495 e. The molecule has 0 unspecified atom stereocenters. The molecule has 0 aliphatic carbocycles. The van der Waals surface area contributed by atoms with Gasteiger partial charge in [-0.25, -0.2) is 0 Å². The Bertz CT molecular complexity index is 805. The van der Waals surface area contributed by atoms with Crippen molar-refractivity contribution in [1.29, 1.82) is 0 Å². The molecule has 0 amide bonds. The first-order valence-electron chi connectivity index (χ1n) is 7.16. The van der Waals surface area contributed by atoms with Crippen molar-refractivity contribution in [1.82, 2.24) is 9.19 Å². The van der Waals surface area contributed by atoms with Crippen molar-refractivity contribution < 1.29 is 13.2 Å². The second-order valence-electron chi connectivity index (χ2n) is 5.79. The van der Waals surface area contributed by atoms with Gasteiger partial charge in [0.25, 0.3) is 10.0 Å². The Labute approximate surface area is 132 Å². The van der Waals surface area contributed by atoms with E-state index in [-0.39, 0.29) is 10.8 Å². The van der Waals surface area contributed by atoms with Crippen LogP contribution in [0.25, 0.3) is 0 Å². The molecule has 120 valence electrons. The summed E-state index contributed by atoms with van der Waals surface area (Å²) in [6.45, 7) is 9.52. The van der Waals surface area contributed by atoms with Crippen LogP contribution in [0.1, 0.15) is 42.3 Å². The third-order valence-corrected chi connectivity index (χ3v) is 5.35. The number of aromatic nitrogens is 2. The van der Waals surface area contributed by atoms with E-state index in [4.69, 9.17) is 4.74 Å². The molecule has 0 saturated heterocycles. The molecule has 0 spiro atoms. The van der Waals surface area contributed by atoms with Gasteiger partial charge in [-0.2, -0.15) is 17.6 Å². The van der Waals surface area contributed by atoms with Gasteiger partial charge in [0, 0.05) is 0 Å². The Kier molecular flexibility index (Phi) is 4.33. The third-order valence-electron chi connectivity index (χ3n) is 3.65. The van der Waals surface area contributed by atoms with E-state index in [0.717, 1.165) is 15.2 Å². The first kappa shape index (κ1) is 16.5. The van der Waals surface area contributed by atoms with Crippen LogP contribution in [0.4, 0.5) is 0 Å². The topological polar surface area (TPSA) is 61.2 Å². The molecular weight excluding hydrogens is 300 g/mol. The highest BCUT2D eigenvalue weighted by Crippen LogP contribution is 2.32. The molecule has 5 nitrogen and oxygen atoms in total. The van der Waals surface area contributed by atoms with E-state index in [1.165, 1.54) is 7.11 Å². The molecule has 0 atom stereocenters. The lowest BCUT2D eigenvalue weighted by molar-refractivity contribution is 0.401. The lowest BCUT2D eigenvalue weighted by Gasteiger charge is -2.16. The van der Waals surface area contributed by atoms with Gasteiger partial charge in [0.1, 0.15) is 10.6 Å². The second kappa shape index (κ2) is 5.76.